The van der Waals surface area contributed by atoms with Gasteiger partial charge in [-0.1, -0.05) is 11.6 Å². The van der Waals surface area contributed by atoms with Crippen molar-refractivity contribution < 1.29 is 9.59 Å². The summed E-state index contributed by atoms with van der Waals surface area (Å²) < 4.78 is 1.87. The molecule has 0 unspecified atom stereocenters. The molecule has 2 rings (SSSR count). The Morgan fingerprint density at radius 3 is 2.70 bits per heavy atom. The maximum Gasteiger partial charge on any atom is 0.244 e. The average Bonchev–Trinajstić information content (AvgIpc) is 2.69. The lowest BCUT2D eigenvalue weighted by molar-refractivity contribution is -0.135. The van der Waals surface area contributed by atoms with Gasteiger partial charge in [-0.15, -0.1) is 0 Å². The number of carbonyl (C=O) groups is 2. The van der Waals surface area contributed by atoms with Crippen molar-refractivity contribution in [2.75, 3.05) is 26.2 Å². The molecular weight excluding hydrogens is 318 g/mol. The molecule has 1 atom stereocenters. The van der Waals surface area contributed by atoms with Crippen molar-refractivity contribution in [3.05, 3.63) is 17.2 Å². The number of carbonyl (C=O) groups excluding carboxylic acids is 2. The molecule has 1 aliphatic rings. The van der Waals surface area contributed by atoms with Crippen molar-refractivity contribution in [3.8, 4) is 0 Å². The van der Waals surface area contributed by atoms with Gasteiger partial charge in [0.1, 0.15) is 17.0 Å². The third-order valence-corrected chi connectivity index (χ3v) is 4.43. The monoisotopic (exact) mass is 341 g/mol. The van der Waals surface area contributed by atoms with Crippen LogP contribution >= 0.6 is 11.6 Å². The molecule has 1 saturated heterocycles. The van der Waals surface area contributed by atoms with E-state index in [-0.39, 0.29) is 11.8 Å². The molecule has 0 spiro atoms. The summed E-state index contributed by atoms with van der Waals surface area (Å²) in [6.07, 6.45) is 2.55. The number of hydrogen-bond donors (Lipinski definition) is 1. The smallest absolute Gasteiger partial charge is 0.244 e. The van der Waals surface area contributed by atoms with Crippen LogP contribution in [0.25, 0.3) is 0 Å². The Hall–Kier alpha value is -1.60. The van der Waals surface area contributed by atoms with E-state index in [1.54, 1.807) is 13.1 Å². The van der Waals surface area contributed by atoms with Gasteiger partial charge in [-0.2, -0.15) is 0 Å². The van der Waals surface area contributed by atoms with E-state index >= 15 is 0 Å². The van der Waals surface area contributed by atoms with Gasteiger partial charge < -0.3 is 14.8 Å². The maximum absolute atomic E-state index is 12.4. The van der Waals surface area contributed by atoms with E-state index in [1.807, 2.05) is 16.5 Å². The lowest BCUT2D eigenvalue weighted by Gasteiger charge is -2.25. The third kappa shape index (κ3) is 4.68. The number of hydrogen-bond acceptors (Lipinski definition) is 4. The van der Waals surface area contributed by atoms with Gasteiger partial charge in [0.25, 0.3) is 0 Å². The second-order valence-corrected chi connectivity index (χ2v) is 6.32. The van der Waals surface area contributed by atoms with Crippen molar-refractivity contribution in [1.29, 1.82) is 0 Å². The minimum absolute atomic E-state index is 0.0258. The Labute approximate surface area is 141 Å². The predicted molar refractivity (Wildman–Crippen MR) is 88.0 cm³/mol. The normalized spacial score (nSPS) is 17.7. The van der Waals surface area contributed by atoms with E-state index in [2.05, 4.69) is 15.2 Å². The standard InChI is InChI=1S/C15H24ClN5O2/c1-11(18-12(2)22)15(23)21-6-4-5-20(7-8-21)10-14-17-9-13(16)19(14)3/h9,11H,4-8,10H2,1-3H3,(H,18,22)/t11-/m1/s1. The maximum atomic E-state index is 12.4. The van der Waals surface area contributed by atoms with E-state index in [0.29, 0.717) is 24.8 Å². The summed E-state index contributed by atoms with van der Waals surface area (Å²) in [6.45, 7) is 6.91. The molecule has 8 heteroatoms. The van der Waals surface area contributed by atoms with Gasteiger partial charge in [0.05, 0.1) is 12.7 Å². The summed E-state index contributed by atoms with van der Waals surface area (Å²) in [5.74, 6) is 0.706. The molecule has 1 aliphatic heterocycles. The summed E-state index contributed by atoms with van der Waals surface area (Å²) in [7, 11) is 1.90. The number of halogens is 1. The van der Waals surface area contributed by atoms with Crippen molar-refractivity contribution in [3.63, 3.8) is 0 Å². The number of aromatic nitrogens is 2. The Kier molecular flexibility index (Phi) is 6.01. The van der Waals surface area contributed by atoms with E-state index in [1.165, 1.54) is 6.92 Å². The van der Waals surface area contributed by atoms with Gasteiger partial charge in [-0.25, -0.2) is 4.98 Å². The van der Waals surface area contributed by atoms with E-state index in [4.69, 9.17) is 11.6 Å². The Balaban J connectivity index is 1.90. The average molecular weight is 342 g/mol. The Morgan fingerprint density at radius 1 is 1.35 bits per heavy atom. The molecule has 0 aromatic carbocycles. The molecule has 2 heterocycles. The molecule has 1 aromatic heterocycles. The number of rotatable bonds is 4. The minimum atomic E-state index is -0.479. The van der Waals surface area contributed by atoms with Crippen LogP contribution in [0, 0.1) is 0 Å². The molecule has 0 saturated carbocycles. The summed E-state index contributed by atoms with van der Waals surface area (Å²) in [5.41, 5.74) is 0. The van der Waals surface area contributed by atoms with Crippen LogP contribution in [0.3, 0.4) is 0 Å². The highest BCUT2D eigenvalue weighted by Crippen LogP contribution is 2.13. The van der Waals surface area contributed by atoms with Gasteiger partial charge in [0.2, 0.25) is 11.8 Å². The van der Waals surface area contributed by atoms with E-state index in [0.717, 1.165) is 25.3 Å². The zero-order valence-electron chi connectivity index (χ0n) is 13.9. The third-order valence-electron chi connectivity index (χ3n) is 4.08. The van der Waals surface area contributed by atoms with Gasteiger partial charge >= 0.3 is 0 Å². The fourth-order valence-electron chi connectivity index (χ4n) is 2.76. The van der Waals surface area contributed by atoms with Crippen LogP contribution in [-0.4, -0.2) is 63.4 Å². The Morgan fingerprint density at radius 2 is 2.09 bits per heavy atom. The minimum Gasteiger partial charge on any atom is -0.345 e. The summed E-state index contributed by atoms with van der Waals surface area (Å²) in [6, 6.07) is -0.479. The fraction of sp³-hybridized carbons (Fsp3) is 0.667. The largest absolute Gasteiger partial charge is 0.345 e. The SMILES string of the molecule is CC(=O)N[C@H](C)C(=O)N1CCCN(Cc2ncc(Cl)n2C)CC1. The molecule has 128 valence electrons. The summed E-state index contributed by atoms with van der Waals surface area (Å²) in [4.78, 5) is 31.9. The number of imidazole rings is 1. The second kappa shape index (κ2) is 7.79. The van der Waals surface area contributed by atoms with Gasteiger partial charge in [-0.3, -0.25) is 14.5 Å². The molecule has 23 heavy (non-hydrogen) atoms. The highest BCUT2D eigenvalue weighted by molar-refractivity contribution is 6.29. The van der Waals surface area contributed by atoms with Crippen LogP contribution in [0.5, 0.6) is 0 Å². The highest BCUT2D eigenvalue weighted by atomic mass is 35.5. The number of nitrogens with one attached hydrogen (secondary N) is 1. The van der Waals surface area contributed by atoms with E-state index < -0.39 is 6.04 Å². The van der Waals surface area contributed by atoms with Gasteiger partial charge in [0.15, 0.2) is 0 Å². The topological polar surface area (TPSA) is 70.5 Å². The van der Waals surface area contributed by atoms with Crippen LogP contribution in [0.4, 0.5) is 0 Å². The first-order valence-corrected chi connectivity index (χ1v) is 8.20. The quantitative estimate of drug-likeness (QED) is 0.872. The Bertz CT molecular complexity index is 574. The molecule has 1 aromatic rings. The van der Waals surface area contributed by atoms with Crippen molar-refractivity contribution in [1.82, 2.24) is 24.7 Å². The van der Waals surface area contributed by atoms with Crippen LogP contribution in [0.15, 0.2) is 6.20 Å². The molecule has 0 bridgehead atoms. The molecule has 1 N–H and O–H groups in total. The van der Waals surface area contributed by atoms with Crippen LogP contribution in [-0.2, 0) is 23.2 Å². The van der Waals surface area contributed by atoms with Crippen LogP contribution in [0.1, 0.15) is 26.1 Å². The first-order valence-electron chi connectivity index (χ1n) is 7.83. The highest BCUT2D eigenvalue weighted by Gasteiger charge is 2.24. The van der Waals surface area contributed by atoms with Gasteiger partial charge in [0, 0.05) is 40.2 Å². The second-order valence-electron chi connectivity index (χ2n) is 5.93. The van der Waals surface area contributed by atoms with Crippen molar-refractivity contribution in [2.45, 2.75) is 32.9 Å². The van der Waals surface area contributed by atoms with Crippen molar-refractivity contribution >= 4 is 23.4 Å². The molecule has 7 nitrogen and oxygen atoms in total. The zero-order valence-corrected chi connectivity index (χ0v) is 14.6. The van der Waals surface area contributed by atoms with Crippen LogP contribution < -0.4 is 5.32 Å². The molecular formula is C15H24ClN5O2. The van der Waals surface area contributed by atoms with E-state index in [9.17, 15) is 9.59 Å². The molecule has 0 radical (unpaired) electrons. The van der Waals surface area contributed by atoms with Crippen molar-refractivity contribution in [2.24, 2.45) is 7.05 Å². The molecule has 2 amide bonds. The molecule has 0 aliphatic carbocycles. The van der Waals surface area contributed by atoms with Gasteiger partial charge in [-0.05, 0) is 13.3 Å². The summed E-state index contributed by atoms with van der Waals surface area (Å²) >= 11 is 6.01. The first kappa shape index (κ1) is 17.7. The predicted octanol–water partition coefficient (Wildman–Crippen LogP) is 0.632. The fourth-order valence-corrected chi connectivity index (χ4v) is 2.91. The number of amides is 2. The summed E-state index contributed by atoms with van der Waals surface area (Å²) in [5, 5.41) is 3.27. The zero-order chi connectivity index (χ0) is 17.0. The van der Waals surface area contributed by atoms with Crippen LogP contribution in [0.2, 0.25) is 5.15 Å². The lowest BCUT2D eigenvalue weighted by atomic mass is 10.2. The molecule has 1 fully saturated rings. The lowest BCUT2D eigenvalue weighted by Crippen LogP contribution is -2.47. The first-order chi connectivity index (χ1) is 10.9. The number of nitrogens with zero attached hydrogens (tertiary/aromatic N) is 4.